The van der Waals surface area contributed by atoms with E-state index in [1.54, 1.807) is 56.4 Å². The number of benzene rings is 2. The number of hydrogen-bond donors (Lipinski definition) is 2. The zero-order chi connectivity index (χ0) is 20.9. The molecule has 0 radical (unpaired) electrons. The van der Waals surface area contributed by atoms with E-state index in [-0.39, 0.29) is 11.9 Å². The van der Waals surface area contributed by atoms with Crippen molar-refractivity contribution >= 4 is 29.0 Å². The summed E-state index contributed by atoms with van der Waals surface area (Å²) >= 11 is 1.60. The Morgan fingerprint density at radius 1 is 0.931 bits per heavy atom. The number of ether oxygens (including phenoxy) is 1. The predicted octanol–water partition coefficient (Wildman–Crippen LogP) is 5.61. The molecule has 2 amide bonds. The van der Waals surface area contributed by atoms with Gasteiger partial charge in [-0.2, -0.15) is 0 Å². The Bertz CT molecular complexity index is 946. The summed E-state index contributed by atoms with van der Waals surface area (Å²) in [6.07, 6.45) is -0.531. The lowest BCUT2D eigenvalue weighted by molar-refractivity contribution is 0.0635. The fraction of sp³-hybridized carbons (Fsp3) is 0.217. The highest BCUT2D eigenvalue weighted by molar-refractivity contribution is 7.10. The van der Waals surface area contributed by atoms with Gasteiger partial charge in [0, 0.05) is 16.1 Å². The van der Waals surface area contributed by atoms with E-state index in [9.17, 15) is 9.59 Å². The molecule has 0 saturated carbocycles. The molecule has 0 spiro atoms. The highest BCUT2D eigenvalue weighted by Crippen LogP contribution is 2.26. The number of nitrogens with one attached hydrogen (secondary N) is 2. The molecule has 0 aliphatic heterocycles. The fourth-order valence-electron chi connectivity index (χ4n) is 2.76. The van der Waals surface area contributed by atoms with Gasteiger partial charge in [0.05, 0.1) is 6.04 Å². The molecule has 1 unspecified atom stereocenters. The number of amides is 2. The highest BCUT2D eigenvalue weighted by Gasteiger charge is 2.19. The van der Waals surface area contributed by atoms with Gasteiger partial charge in [0.1, 0.15) is 5.60 Å². The number of carbonyl (C=O) groups excluding carboxylic acids is 2. The summed E-state index contributed by atoms with van der Waals surface area (Å²) < 4.78 is 5.23. The number of anilines is 1. The first-order chi connectivity index (χ1) is 13.8. The first kappa shape index (κ1) is 20.6. The van der Waals surface area contributed by atoms with Crippen molar-refractivity contribution in [2.45, 2.75) is 32.4 Å². The Hall–Kier alpha value is -3.12. The lowest BCUT2D eigenvalue weighted by atomic mass is 10.0. The van der Waals surface area contributed by atoms with Crippen LogP contribution in [0.2, 0.25) is 0 Å². The third-order valence-corrected chi connectivity index (χ3v) is 4.97. The molecular weight excluding hydrogens is 384 g/mol. The average Bonchev–Trinajstić information content (AvgIpc) is 3.20. The number of thiophene rings is 1. The maximum atomic E-state index is 12.8. The van der Waals surface area contributed by atoms with Crippen molar-refractivity contribution in [3.8, 4) is 0 Å². The van der Waals surface area contributed by atoms with Crippen LogP contribution in [0.3, 0.4) is 0 Å². The minimum absolute atomic E-state index is 0.184. The first-order valence-electron chi connectivity index (χ1n) is 9.31. The van der Waals surface area contributed by atoms with Gasteiger partial charge in [-0.15, -0.1) is 11.3 Å². The van der Waals surface area contributed by atoms with Crippen LogP contribution < -0.4 is 10.6 Å². The summed E-state index contributed by atoms with van der Waals surface area (Å²) in [5, 5.41) is 7.76. The molecule has 2 aromatic carbocycles. The largest absolute Gasteiger partial charge is 0.444 e. The van der Waals surface area contributed by atoms with E-state index in [0.29, 0.717) is 11.3 Å². The molecule has 6 heteroatoms. The van der Waals surface area contributed by atoms with Crippen LogP contribution in [0.1, 0.15) is 47.6 Å². The second-order valence-electron chi connectivity index (χ2n) is 7.54. The molecule has 3 rings (SSSR count). The lowest BCUT2D eigenvalue weighted by Crippen LogP contribution is -2.29. The van der Waals surface area contributed by atoms with E-state index in [1.165, 1.54) is 0 Å². The molecule has 0 aliphatic rings. The third kappa shape index (κ3) is 5.93. The van der Waals surface area contributed by atoms with Gasteiger partial charge in [-0.25, -0.2) is 4.79 Å². The van der Waals surface area contributed by atoms with E-state index in [0.717, 1.165) is 10.4 Å². The Morgan fingerprint density at radius 3 is 2.21 bits per heavy atom. The molecule has 0 fully saturated rings. The maximum Gasteiger partial charge on any atom is 0.412 e. The predicted molar refractivity (Wildman–Crippen MR) is 116 cm³/mol. The first-order valence-corrected chi connectivity index (χ1v) is 10.2. The van der Waals surface area contributed by atoms with Crippen LogP contribution in [0, 0.1) is 0 Å². The molecule has 0 aliphatic carbocycles. The highest BCUT2D eigenvalue weighted by atomic mass is 32.1. The monoisotopic (exact) mass is 408 g/mol. The minimum Gasteiger partial charge on any atom is -0.444 e. The summed E-state index contributed by atoms with van der Waals surface area (Å²) in [6, 6.07) is 20.3. The van der Waals surface area contributed by atoms with Gasteiger partial charge >= 0.3 is 6.09 Å². The van der Waals surface area contributed by atoms with Crippen LogP contribution in [0.4, 0.5) is 10.5 Å². The molecule has 1 heterocycles. The van der Waals surface area contributed by atoms with Crippen molar-refractivity contribution < 1.29 is 14.3 Å². The molecule has 29 heavy (non-hydrogen) atoms. The SMILES string of the molecule is CC(C)(C)OC(=O)Nc1ccc(C(=O)NC(c2ccccc2)c2cccs2)cc1. The second-order valence-corrected chi connectivity index (χ2v) is 8.52. The molecule has 1 atom stereocenters. The van der Waals surface area contributed by atoms with Crippen molar-refractivity contribution in [1.29, 1.82) is 0 Å². The van der Waals surface area contributed by atoms with Crippen LogP contribution in [-0.2, 0) is 4.74 Å². The van der Waals surface area contributed by atoms with E-state index < -0.39 is 11.7 Å². The zero-order valence-electron chi connectivity index (χ0n) is 16.6. The van der Waals surface area contributed by atoms with Gasteiger partial charge in [-0.3, -0.25) is 10.1 Å². The fourth-order valence-corrected chi connectivity index (χ4v) is 3.56. The quantitative estimate of drug-likeness (QED) is 0.576. The van der Waals surface area contributed by atoms with Crippen molar-refractivity contribution in [3.63, 3.8) is 0 Å². The molecule has 1 aromatic heterocycles. The van der Waals surface area contributed by atoms with E-state index in [4.69, 9.17) is 4.74 Å². The Kier molecular flexibility index (Phi) is 6.34. The topological polar surface area (TPSA) is 67.4 Å². The Balaban J connectivity index is 1.70. The zero-order valence-corrected chi connectivity index (χ0v) is 17.5. The van der Waals surface area contributed by atoms with Gasteiger partial charge in [0.2, 0.25) is 0 Å². The summed E-state index contributed by atoms with van der Waals surface area (Å²) in [5.74, 6) is -0.184. The maximum absolute atomic E-state index is 12.8. The van der Waals surface area contributed by atoms with Gasteiger partial charge in [-0.05, 0) is 62.0 Å². The molecule has 3 aromatic rings. The van der Waals surface area contributed by atoms with Gasteiger partial charge in [0.15, 0.2) is 0 Å². The minimum atomic E-state index is -0.571. The molecule has 150 valence electrons. The summed E-state index contributed by atoms with van der Waals surface area (Å²) in [5.41, 5.74) is 1.52. The summed E-state index contributed by atoms with van der Waals surface area (Å²) in [4.78, 5) is 25.8. The van der Waals surface area contributed by atoms with Crippen LogP contribution in [-0.4, -0.2) is 17.6 Å². The van der Waals surface area contributed by atoms with Crippen LogP contribution in [0.15, 0.2) is 72.1 Å². The average molecular weight is 409 g/mol. The number of hydrogen-bond acceptors (Lipinski definition) is 4. The molecule has 0 saturated heterocycles. The molecule has 2 N–H and O–H groups in total. The molecule has 0 bridgehead atoms. The second kappa shape index (κ2) is 8.92. The summed E-state index contributed by atoms with van der Waals surface area (Å²) in [6.45, 7) is 5.41. The van der Waals surface area contributed by atoms with Gasteiger partial charge in [0.25, 0.3) is 5.91 Å². The van der Waals surface area contributed by atoms with Crippen molar-refractivity contribution in [2.75, 3.05) is 5.32 Å². The summed E-state index contributed by atoms with van der Waals surface area (Å²) in [7, 11) is 0. The van der Waals surface area contributed by atoms with E-state index in [2.05, 4.69) is 10.6 Å². The Morgan fingerprint density at radius 2 is 1.62 bits per heavy atom. The normalized spacial score (nSPS) is 12.1. The standard InChI is InChI=1S/C23H24N2O3S/c1-23(2,3)28-22(27)24-18-13-11-17(12-14-18)21(26)25-20(19-10-7-15-29-19)16-8-5-4-6-9-16/h4-15,20H,1-3H3,(H,24,27)(H,25,26). The molecule has 5 nitrogen and oxygen atoms in total. The van der Waals surface area contributed by atoms with Crippen LogP contribution in [0.5, 0.6) is 0 Å². The van der Waals surface area contributed by atoms with E-state index in [1.807, 2.05) is 47.8 Å². The van der Waals surface area contributed by atoms with Gasteiger partial charge < -0.3 is 10.1 Å². The van der Waals surface area contributed by atoms with Gasteiger partial charge in [-0.1, -0.05) is 36.4 Å². The van der Waals surface area contributed by atoms with Crippen molar-refractivity contribution in [3.05, 3.63) is 88.1 Å². The van der Waals surface area contributed by atoms with Crippen molar-refractivity contribution in [1.82, 2.24) is 5.32 Å². The Labute approximate surface area is 174 Å². The van der Waals surface area contributed by atoms with Crippen LogP contribution in [0.25, 0.3) is 0 Å². The number of rotatable bonds is 5. The lowest BCUT2D eigenvalue weighted by Gasteiger charge is -2.20. The smallest absolute Gasteiger partial charge is 0.412 e. The van der Waals surface area contributed by atoms with E-state index >= 15 is 0 Å². The van der Waals surface area contributed by atoms with Crippen LogP contribution >= 0.6 is 11.3 Å². The van der Waals surface area contributed by atoms with Crippen molar-refractivity contribution in [2.24, 2.45) is 0 Å². The number of carbonyl (C=O) groups is 2. The third-order valence-electron chi connectivity index (χ3n) is 4.03. The molecular formula is C23H24N2O3S.